The minimum Gasteiger partial charge on any atom is -0.495 e. The number of hydrogen-bond acceptors (Lipinski definition) is 4. The van der Waals surface area contributed by atoms with Crippen LogP contribution in [0.1, 0.15) is 0 Å². The Balaban J connectivity index is 2.50. The Morgan fingerprint density at radius 1 is 1.47 bits per heavy atom. The standard InChI is InChI=1S/C11H16N2O4/c1-17-10-5-3-2-4-9(10)13-11(16)12-6-8(15)7-14/h2-5,8,14-15H,6-7H2,1H3,(H2,12,13,16). The van der Waals surface area contributed by atoms with Gasteiger partial charge in [-0.15, -0.1) is 0 Å². The van der Waals surface area contributed by atoms with E-state index >= 15 is 0 Å². The second-order valence-electron chi connectivity index (χ2n) is 3.37. The van der Waals surface area contributed by atoms with Gasteiger partial charge < -0.3 is 25.6 Å². The van der Waals surface area contributed by atoms with Crippen molar-refractivity contribution in [3.8, 4) is 5.75 Å². The number of ether oxygens (including phenoxy) is 1. The van der Waals surface area contributed by atoms with Crippen molar-refractivity contribution in [1.29, 1.82) is 0 Å². The van der Waals surface area contributed by atoms with Gasteiger partial charge in [-0.3, -0.25) is 0 Å². The third kappa shape index (κ3) is 4.29. The molecule has 1 aromatic carbocycles. The third-order valence-electron chi connectivity index (χ3n) is 2.06. The molecule has 0 fully saturated rings. The smallest absolute Gasteiger partial charge is 0.319 e. The van der Waals surface area contributed by atoms with Crippen LogP contribution in [0.2, 0.25) is 0 Å². The molecule has 0 aliphatic carbocycles. The van der Waals surface area contributed by atoms with Gasteiger partial charge >= 0.3 is 6.03 Å². The van der Waals surface area contributed by atoms with Crippen LogP contribution in [0, 0.1) is 0 Å². The fraction of sp³-hybridized carbons (Fsp3) is 0.364. The molecule has 2 amide bonds. The lowest BCUT2D eigenvalue weighted by Crippen LogP contribution is -2.36. The first-order valence-corrected chi connectivity index (χ1v) is 5.14. The SMILES string of the molecule is COc1ccccc1NC(=O)NCC(O)CO. The first-order valence-electron chi connectivity index (χ1n) is 5.14. The number of nitrogens with one attached hydrogen (secondary N) is 2. The normalized spacial score (nSPS) is 11.7. The molecule has 17 heavy (non-hydrogen) atoms. The minimum atomic E-state index is -0.960. The molecule has 1 atom stereocenters. The molecule has 1 rings (SSSR count). The van der Waals surface area contributed by atoms with Gasteiger partial charge in [0.25, 0.3) is 0 Å². The molecule has 1 unspecified atom stereocenters. The van der Waals surface area contributed by atoms with Crippen LogP contribution in [0.15, 0.2) is 24.3 Å². The maximum Gasteiger partial charge on any atom is 0.319 e. The summed E-state index contributed by atoms with van der Waals surface area (Å²) in [6.07, 6.45) is -0.960. The number of aliphatic hydroxyl groups excluding tert-OH is 2. The van der Waals surface area contributed by atoms with Crippen LogP contribution in [-0.4, -0.2) is 42.6 Å². The lowest BCUT2D eigenvalue weighted by molar-refractivity contribution is 0.0965. The van der Waals surface area contributed by atoms with Gasteiger partial charge in [0.15, 0.2) is 0 Å². The van der Waals surface area contributed by atoms with Crippen LogP contribution < -0.4 is 15.4 Å². The maximum atomic E-state index is 11.4. The van der Waals surface area contributed by atoms with Crippen molar-refractivity contribution < 1.29 is 19.7 Å². The molecule has 0 aliphatic heterocycles. The van der Waals surface area contributed by atoms with E-state index in [-0.39, 0.29) is 6.54 Å². The fourth-order valence-electron chi connectivity index (χ4n) is 1.19. The lowest BCUT2D eigenvalue weighted by atomic mass is 10.3. The van der Waals surface area contributed by atoms with E-state index in [1.54, 1.807) is 24.3 Å². The molecule has 94 valence electrons. The molecule has 0 aromatic heterocycles. The number of hydrogen-bond donors (Lipinski definition) is 4. The van der Waals surface area contributed by atoms with Crippen LogP contribution in [0.5, 0.6) is 5.75 Å². The summed E-state index contributed by atoms with van der Waals surface area (Å²) < 4.78 is 5.06. The predicted molar refractivity (Wildman–Crippen MR) is 63.1 cm³/mol. The number of rotatable bonds is 5. The van der Waals surface area contributed by atoms with Gasteiger partial charge in [-0.25, -0.2) is 4.79 Å². The Morgan fingerprint density at radius 2 is 2.18 bits per heavy atom. The molecule has 6 heteroatoms. The van der Waals surface area contributed by atoms with Gasteiger partial charge in [0, 0.05) is 6.54 Å². The van der Waals surface area contributed by atoms with Crippen molar-refractivity contribution in [3.63, 3.8) is 0 Å². The number of anilines is 1. The van der Waals surface area contributed by atoms with Gasteiger partial charge in [0.2, 0.25) is 0 Å². The number of carbonyl (C=O) groups is 1. The van der Waals surface area contributed by atoms with Crippen molar-refractivity contribution in [2.24, 2.45) is 0 Å². The van der Waals surface area contributed by atoms with Crippen LogP contribution in [0.4, 0.5) is 10.5 Å². The Kier molecular flexibility index (Phi) is 5.25. The highest BCUT2D eigenvalue weighted by Gasteiger charge is 2.08. The molecule has 0 bridgehead atoms. The van der Waals surface area contributed by atoms with Crippen molar-refractivity contribution in [2.45, 2.75) is 6.10 Å². The molecule has 0 spiro atoms. The molecule has 0 aliphatic rings. The van der Waals surface area contributed by atoms with Crippen LogP contribution >= 0.6 is 0 Å². The van der Waals surface area contributed by atoms with Gasteiger partial charge in [0.1, 0.15) is 5.75 Å². The van der Waals surface area contributed by atoms with Crippen molar-refractivity contribution in [3.05, 3.63) is 24.3 Å². The second-order valence-corrected chi connectivity index (χ2v) is 3.37. The third-order valence-corrected chi connectivity index (χ3v) is 2.06. The Labute approximate surface area is 99.2 Å². The molecule has 4 N–H and O–H groups in total. The number of methoxy groups -OCH3 is 1. The highest BCUT2D eigenvalue weighted by atomic mass is 16.5. The zero-order valence-electron chi connectivity index (χ0n) is 9.51. The maximum absolute atomic E-state index is 11.4. The molecule has 1 aromatic rings. The van der Waals surface area contributed by atoms with E-state index in [2.05, 4.69) is 10.6 Å². The summed E-state index contributed by atoms with van der Waals surface area (Å²) in [4.78, 5) is 11.4. The minimum absolute atomic E-state index is 0.0164. The molecule has 0 radical (unpaired) electrons. The molecule has 0 saturated heterocycles. The number of urea groups is 1. The van der Waals surface area contributed by atoms with E-state index in [0.29, 0.717) is 11.4 Å². The molecular formula is C11H16N2O4. The average molecular weight is 240 g/mol. The fourth-order valence-corrected chi connectivity index (χ4v) is 1.19. The first-order chi connectivity index (χ1) is 8.17. The highest BCUT2D eigenvalue weighted by molar-refractivity contribution is 5.90. The summed E-state index contributed by atoms with van der Waals surface area (Å²) in [6.45, 7) is -0.410. The van der Waals surface area contributed by atoms with Gasteiger partial charge in [-0.05, 0) is 12.1 Å². The predicted octanol–water partition coefficient (Wildman–Crippen LogP) is 0.170. The number of para-hydroxylation sites is 2. The van der Waals surface area contributed by atoms with Gasteiger partial charge in [-0.1, -0.05) is 12.1 Å². The van der Waals surface area contributed by atoms with Crippen molar-refractivity contribution >= 4 is 11.7 Å². The van der Waals surface area contributed by atoms with Crippen LogP contribution in [-0.2, 0) is 0 Å². The number of benzene rings is 1. The van der Waals surface area contributed by atoms with E-state index < -0.39 is 18.7 Å². The van der Waals surface area contributed by atoms with Crippen LogP contribution in [0.3, 0.4) is 0 Å². The quantitative estimate of drug-likeness (QED) is 0.590. The van der Waals surface area contributed by atoms with Gasteiger partial charge in [-0.2, -0.15) is 0 Å². The van der Waals surface area contributed by atoms with Crippen molar-refractivity contribution in [2.75, 3.05) is 25.6 Å². The van der Waals surface area contributed by atoms with Crippen LogP contribution in [0.25, 0.3) is 0 Å². The largest absolute Gasteiger partial charge is 0.495 e. The second kappa shape index (κ2) is 6.72. The summed E-state index contributed by atoms with van der Waals surface area (Å²) in [6, 6.07) is 6.50. The number of aliphatic hydroxyl groups is 2. The Morgan fingerprint density at radius 3 is 2.82 bits per heavy atom. The Bertz CT molecular complexity index is 370. The molecule has 0 heterocycles. The van der Waals surface area contributed by atoms with Crippen molar-refractivity contribution in [1.82, 2.24) is 5.32 Å². The average Bonchev–Trinajstić information content (AvgIpc) is 2.36. The zero-order chi connectivity index (χ0) is 12.7. The Hall–Kier alpha value is -1.79. The van der Waals surface area contributed by atoms with Gasteiger partial charge in [0.05, 0.1) is 25.5 Å². The zero-order valence-corrected chi connectivity index (χ0v) is 9.51. The van der Waals surface area contributed by atoms with E-state index in [0.717, 1.165) is 0 Å². The number of amides is 2. The van der Waals surface area contributed by atoms with E-state index in [1.807, 2.05) is 0 Å². The topological polar surface area (TPSA) is 90.8 Å². The van der Waals surface area contributed by atoms with E-state index in [4.69, 9.17) is 14.9 Å². The molecule has 0 saturated carbocycles. The highest BCUT2D eigenvalue weighted by Crippen LogP contribution is 2.22. The first kappa shape index (κ1) is 13.3. The van der Waals surface area contributed by atoms with E-state index in [1.165, 1.54) is 7.11 Å². The summed E-state index contributed by atoms with van der Waals surface area (Å²) in [7, 11) is 1.51. The molecule has 6 nitrogen and oxygen atoms in total. The summed E-state index contributed by atoms with van der Waals surface area (Å²) in [5, 5.41) is 22.6. The summed E-state index contributed by atoms with van der Waals surface area (Å²) in [5.74, 6) is 0.547. The molecular weight excluding hydrogens is 224 g/mol. The summed E-state index contributed by atoms with van der Waals surface area (Å²) >= 11 is 0. The lowest BCUT2D eigenvalue weighted by Gasteiger charge is -2.12. The van der Waals surface area contributed by atoms with E-state index in [9.17, 15) is 4.79 Å². The number of carbonyl (C=O) groups excluding carboxylic acids is 1. The monoisotopic (exact) mass is 240 g/mol. The summed E-state index contributed by atoms with van der Waals surface area (Å²) in [5.41, 5.74) is 0.533.